The first-order valence-electron chi connectivity index (χ1n) is 4.59. The Morgan fingerprint density at radius 1 is 1.53 bits per heavy atom. The molecule has 0 aliphatic rings. The number of rotatable bonds is 4. The highest BCUT2D eigenvalue weighted by atomic mass is 32.2. The maximum Gasteiger partial charge on any atom is 0.318 e. The highest BCUT2D eigenvalue weighted by Gasteiger charge is 2.17. The van der Waals surface area contributed by atoms with Crippen molar-refractivity contribution in [1.29, 1.82) is 5.26 Å². The molecule has 0 radical (unpaired) electrons. The Hall–Kier alpha value is -1.91. The summed E-state index contributed by atoms with van der Waals surface area (Å²) in [5.74, 6) is -1.26. The van der Waals surface area contributed by atoms with Crippen LogP contribution in [-0.2, 0) is 14.8 Å². The largest absolute Gasteiger partial charge is 0.480 e. The summed E-state index contributed by atoms with van der Waals surface area (Å²) in [6.45, 7) is 0.859. The zero-order valence-corrected chi connectivity index (χ0v) is 9.78. The Bertz CT molecular complexity index is 587. The lowest BCUT2D eigenvalue weighted by atomic mass is 10.2. The van der Waals surface area contributed by atoms with Crippen LogP contribution >= 0.6 is 0 Å². The van der Waals surface area contributed by atoms with Crippen molar-refractivity contribution in [3.8, 4) is 6.07 Å². The fraction of sp³-hybridized carbons (Fsp3) is 0.200. The van der Waals surface area contributed by atoms with Crippen molar-refractivity contribution in [3.63, 3.8) is 0 Å². The summed E-state index contributed by atoms with van der Waals surface area (Å²) in [4.78, 5) is 10.3. The number of nitriles is 1. The van der Waals surface area contributed by atoms with Gasteiger partial charge in [-0.1, -0.05) is 0 Å². The van der Waals surface area contributed by atoms with E-state index in [4.69, 9.17) is 10.4 Å². The molecule has 1 rings (SSSR count). The monoisotopic (exact) mass is 254 g/mol. The molecular weight excluding hydrogens is 244 g/mol. The van der Waals surface area contributed by atoms with E-state index >= 15 is 0 Å². The Kier molecular flexibility index (Phi) is 3.83. The van der Waals surface area contributed by atoms with Crippen molar-refractivity contribution in [1.82, 2.24) is 4.72 Å². The first-order valence-corrected chi connectivity index (χ1v) is 6.07. The molecule has 0 bridgehead atoms. The topological polar surface area (TPSA) is 107 Å². The second-order valence-corrected chi connectivity index (χ2v) is 5.05. The molecule has 0 saturated carbocycles. The van der Waals surface area contributed by atoms with E-state index in [9.17, 15) is 13.2 Å². The zero-order chi connectivity index (χ0) is 13.1. The van der Waals surface area contributed by atoms with Gasteiger partial charge in [-0.05, 0) is 30.7 Å². The van der Waals surface area contributed by atoms with Gasteiger partial charge in [0.1, 0.15) is 6.54 Å². The number of carbonyl (C=O) groups is 1. The highest BCUT2D eigenvalue weighted by molar-refractivity contribution is 7.89. The van der Waals surface area contributed by atoms with E-state index in [1.807, 2.05) is 10.8 Å². The van der Waals surface area contributed by atoms with E-state index in [0.717, 1.165) is 0 Å². The molecule has 6 nitrogen and oxygen atoms in total. The van der Waals surface area contributed by atoms with Crippen molar-refractivity contribution in [2.75, 3.05) is 6.54 Å². The van der Waals surface area contributed by atoms with E-state index in [2.05, 4.69) is 0 Å². The van der Waals surface area contributed by atoms with Crippen LogP contribution in [0.3, 0.4) is 0 Å². The van der Waals surface area contributed by atoms with Crippen molar-refractivity contribution in [2.24, 2.45) is 0 Å². The number of sulfonamides is 1. The summed E-state index contributed by atoms with van der Waals surface area (Å²) >= 11 is 0. The number of nitrogens with one attached hydrogen (secondary N) is 1. The number of carboxylic acid groups (broad SMARTS) is 1. The average molecular weight is 254 g/mol. The minimum absolute atomic E-state index is 0.0299. The number of aryl methyl sites for hydroxylation is 1. The molecule has 0 aliphatic carbocycles. The van der Waals surface area contributed by atoms with Crippen molar-refractivity contribution >= 4 is 16.0 Å². The van der Waals surface area contributed by atoms with Gasteiger partial charge in [-0.15, -0.1) is 0 Å². The van der Waals surface area contributed by atoms with Gasteiger partial charge in [0.2, 0.25) is 10.0 Å². The van der Waals surface area contributed by atoms with Crippen LogP contribution in [0.1, 0.15) is 11.1 Å². The molecule has 0 fully saturated rings. The third kappa shape index (κ3) is 3.27. The van der Waals surface area contributed by atoms with Gasteiger partial charge in [-0.2, -0.15) is 9.98 Å². The lowest BCUT2D eigenvalue weighted by Gasteiger charge is -2.07. The standard InChI is InChI=1S/C10H10N2O4S/c1-7-4-8(5-11)2-3-9(7)17(15,16)12-6-10(13)14/h2-4,12H,6H2,1H3,(H,13,14). The van der Waals surface area contributed by atoms with Crippen LogP contribution in [0.4, 0.5) is 0 Å². The summed E-state index contributed by atoms with van der Waals surface area (Å²) in [5.41, 5.74) is 0.738. The van der Waals surface area contributed by atoms with Gasteiger partial charge in [-0.25, -0.2) is 8.42 Å². The number of carboxylic acids is 1. The second kappa shape index (κ2) is 4.95. The summed E-state index contributed by atoms with van der Waals surface area (Å²) in [7, 11) is -3.85. The maximum absolute atomic E-state index is 11.7. The number of benzene rings is 1. The third-order valence-corrected chi connectivity index (χ3v) is 3.57. The van der Waals surface area contributed by atoms with Gasteiger partial charge >= 0.3 is 5.97 Å². The van der Waals surface area contributed by atoms with Gasteiger partial charge in [-0.3, -0.25) is 4.79 Å². The molecule has 17 heavy (non-hydrogen) atoms. The number of hydrogen-bond donors (Lipinski definition) is 2. The van der Waals surface area contributed by atoms with E-state index in [-0.39, 0.29) is 4.90 Å². The number of nitrogens with zero attached hydrogens (tertiary/aromatic N) is 1. The fourth-order valence-corrected chi connectivity index (χ4v) is 2.45. The Labute approximate surface area is 98.6 Å². The average Bonchev–Trinajstić information content (AvgIpc) is 2.26. The molecule has 7 heteroatoms. The third-order valence-electron chi connectivity index (χ3n) is 2.01. The van der Waals surface area contributed by atoms with Crippen LogP contribution in [-0.4, -0.2) is 26.0 Å². The SMILES string of the molecule is Cc1cc(C#N)ccc1S(=O)(=O)NCC(=O)O. The predicted octanol–water partition coefficient (Wildman–Crippen LogP) is 0.230. The van der Waals surface area contributed by atoms with Crippen molar-refractivity contribution < 1.29 is 18.3 Å². The minimum atomic E-state index is -3.85. The smallest absolute Gasteiger partial charge is 0.318 e. The second-order valence-electron chi connectivity index (χ2n) is 3.31. The van der Waals surface area contributed by atoms with E-state index < -0.39 is 22.5 Å². The quantitative estimate of drug-likeness (QED) is 0.799. The molecule has 0 spiro atoms. The summed E-state index contributed by atoms with van der Waals surface area (Å²) in [6.07, 6.45) is 0. The minimum Gasteiger partial charge on any atom is -0.480 e. The molecule has 1 aromatic carbocycles. The fourth-order valence-electron chi connectivity index (χ4n) is 1.25. The molecule has 2 N–H and O–H groups in total. The maximum atomic E-state index is 11.7. The Balaban J connectivity index is 3.08. The number of aliphatic carboxylic acids is 1. The van der Waals surface area contributed by atoms with Crippen LogP contribution < -0.4 is 4.72 Å². The van der Waals surface area contributed by atoms with Crippen molar-refractivity contribution in [2.45, 2.75) is 11.8 Å². The molecular formula is C10H10N2O4S. The van der Waals surface area contributed by atoms with E-state index in [1.165, 1.54) is 25.1 Å². The van der Waals surface area contributed by atoms with Gasteiger partial charge in [0, 0.05) is 0 Å². The summed E-state index contributed by atoms with van der Waals surface area (Å²) in [6, 6.07) is 5.95. The molecule has 1 aromatic rings. The van der Waals surface area contributed by atoms with E-state index in [0.29, 0.717) is 11.1 Å². The lowest BCUT2D eigenvalue weighted by molar-refractivity contribution is -0.135. The van der Waals surface area contributed by atoms with E-state index in [1.54, 1.807) is 0 Å². The first-order chi connectivity index (χ1) is 7.86. The summed E-state index contributed by atoms with van der Waals surface area (Å²) in [5, 5.41) is 17.0. The van der Waals surface area contributed by atoms with Gasteiger partial charge in [0.25, 0.3) is 0 Å². The van der Waals surface area contributed by atoms with Crippen LogP contribution in [0.2, 0.25) is 0 Å². The Morgan fingerprint density at radius 3 is 2.65 bits per heavy atom. The molecule has 0 unspecified atom stereocenters. The molecule has 90 valence electrons. The predicted molar refractivity (Wildman–Crippen MR) is 58.7 cm³/mol. The van der Waals surface area contributed by atoms with Gasteiger partial charge in [0.15, 0.2) is 0 Å². The Morgan fingerprint density at radius 2 is 2.18 bits per heavy atom. The van der Waals surface area contributed by atoms with Crippen LogP contribution in [0, 0.1) is 18.3 Å². The molecule has 0 saturated heterocycles. The first kappa shape index (κ1) is 13.2. The molecule has 0 atom stereocenters. The number of hydrogen-bond acceptors (Lipinski definition) is 4. The molecule has 0 heterocycles. The van der Waals surface area contributed by atoms with Crippen LogP contribution in [0.25, 0.3) is 0 Å². The normalized spacial score (nSPS) is 10.8. The van der Waals surface area contributed by atoms with Crippen LogP contribution in [0.5, 0.6) is 0 Å². The molecule has 0 amide bonds. The zero-order valence-electron chi connectivity index (χ0n) is 8.97. The van der Waals surface area contributed by atoms with Crippen molar-refractivity contribution in [3.05, 3.63) is 29.3 Å². The highest BCUT2D eigenvalue weighted by Crippen LogP contribution is 2.15. The van der Waals surface area contributed by atoms with Gasteiger partial charge < -0.3 is 5.11 Å². The molecule has 0 aromatic heterocycles. The van der Waals surface area contributed by atoms with Crippen LogP contribution in [0.15, 0.2) is 23.1 Å². The lowest BCUT2D eigenvalue weighted by Crippen LogP contribution is -2.29. The summed E-state index contributed by atoms with van der Waals surface area (Å²) < 4.78 is 25.3. The van der Waals surface area contributed by atoms with Gasteiger partial charge in [0.05, 0.1) is 16.5 Å². The molecule has 0 aliphatic heterocycles.